The van der Waals surface area contributed by atoms with Crippen LogP contribution in [0.2, 0.25) is 0 Å². The molecule has 0 aliphatic carbocycles. The highest BCUT2D eigenvalue weighted by atomic mass is 16.6. The second kappa shape index (κ2) is 9.27. The Morgan fingerprint density at radius 1 is 1.29 bits per heavy atom. The van der Waals surface area contributed by atoms with Gasteiger partial charge in [0.2, 0.25) is 0 Å². The fraction of sp³-hybridized carbons (Fsp3) is 0.556. The third-order valence-corrected chi connectivity index (χ3v) is 4.23. The van der Waals surface area contributed by atoms with E-state index in [1.54, 1.807) is 11.8 Å². The Balaban J connectivity index is 1.81. The summed E-state index contributed by atoms with van der Waals surface area (Å²) in [5.41, 5.74) is 7.08. The van der Waals surface area contributed by atoms with E-state index in [-0.39, 0.29) is 37.0 Å². The normalized spacial score (nSPS) is 18.8. The third-order valence-electron chi connectivity index (χ3n) is 4.23. The molecule has 6 heteroatoms. The van der Waals surface area contributed by atoms with Crippen LogP contribution in [-0.2, 0) is 20.9 Å². The predicted octanol–water partition coefficient (Wildman–Crippen LogP) is 2.32. The van der Waals surface area contributed by atoms with Gasteiger partial charge in [-0.05, 0) is 31.2 Å². The number of hydrogen-bond donors (Lipinski definition) is 1. The molecule has 2 atom stereocenters. The topological polar surface area (TPSA) is 81.9 Å². The maximum Gasteiger partial charge on any atom is 0.410 e. The number of ether oxygens (including phenoxy) is 2. The van der Waals surface area contributed by atoms with E-state index in [0.717, 1.165) is 18.4 Å². The van der Waals surface area contributed by atoms with Gasteiger partial charge >= 0.3 is 12.1 Å². The summed E-state index contributed by atoms with van der Waals surface area (Å²) in [5.74, 6) is -0.193. The van der Waals surface area contributed by atoms with Gasteiger partial charge in [0.25, 0.3) is 0 Å². The molecule has 1 fully saturated rings. The van der Waals surface area contributed by atoms with Gasteiger partial charge in [-0.15, -0.1) is 0 Å². The lowest BCUT2D eigenvalue weighted by Gasteiger charge is -2.34. The van der Waals surface area contributed by atoms with Crippen LogP contribution in [0.4, 0.5) is 4.79 Å². The van der Waals surface area contributed by atoms with Crippen molar-refractivity contribution < 1.29 is 19.1 Å². The fourth-order valence-electron chi connectivity index (χ4n) is 2.91. The third kappa shape index (κ3) is 5.53. The number of carbonyl (C=O) groups excluding carboxylic acids is 2. The minimum absolute atomic E-state index is 0.0902. The van der Waals surface area contributed by atoms with Crippen LogP contribution in [0.1, 0.15) is 31.7 Å². The Kier molecular flexibility index (Phi) is 7.06. The molecule has 0 aromatic heterocycles. The SMILES string of the molecule is CCOC(=O)C[C@H](N)[C@H]1CCCN(C(=O)OCc2ccccc2)C1. The number of amides is 1. The van der Waals surface area contributed by atoms with E-state index in [1.165, 1.54) is 0 Å². The molecule has 1 aromatic carbocycles. The molecular weight excluding hydrogens is 308 g/mol. The molecule has 2 N–H and O–H groups in total. The maximum absolute atomic E-state index is 12.2. The molecule has 2 rings (SSSR count). The molecule has 1 aromatic rings. The van der Waals surface area contributed by atoms with Gasteiger partial charge in [0, 0.05) is 19.1 Å². The monoisotopic (exact) mass is 334 g/mol. The van der Waals surface area contributed by atoms with Crippen LogP contribution in [0.5, 0.6) is 0 Å². The lowest BCUT2D eigenvalue weighted by Crippen LogP contribution is -2.46. The second-order valence-corrected chi connectivity index (χ2v) is 6.06. The number of carbonyl (C=O) groups is 2. The summed E-state index contributed by atoms with van der Waals surface area (Å²) in [4.78, 5) is 25.5. The Morgan fingerprint density at radius 2 is 2.04 bits per heavy atom. The summed E-state index contributed by atoms with van der Waals surface area (Å²) in [6.45, 7) is 3.57. The van der Waals surface area contributed by atoms with Gasteiger partial charge in [-0.25, -0.2) is 4.79 Å². The van der Waals surface area contributed by atoms with Gasteiger partial charge < -0.3 is 20.1 Å². The number of likely N-dealkylation sites (tertiary alicyclic amines) is 1. The highest BCUT2D eigenvalue weighted by molar-refractivity contribution is 5.70. The summed E-state index contributed by atoms with van der Waals surface area (Å²) < 4.78 is 10.3. The first kappa shape index (κ1) is 18.3. The van der Waals surface area contributed by atoms with Crippen molar-refractivity contribution in [1.82, 2.24) is 4.90 Å². The molecule has 1 amide bonds. The Bertz CT molecular complexity index is 535. The van der Waals surface area contributed by atoms with E-state index in [9.17, 15) is 9.59 Å². The van der Waals surface area contributed by atoms with Crippen molar-refractivity contribution in [3.05, 3.63) is 35.9 Å². The summed E-state index contributed by atoms with van der Waals surface area (Å²) in [6.07, 6.45) is 1.63. The zero-order valence-electron chi connectivity index (χ0n) is 14.1. The van der Waals surface area contributed by atoms with E-state index >= 15 is 0 Å². The van der Waals surface area contributed by atoms with Crippen molar-refractivity contribution >= 4 is 12.1 Å². The number of benzene rings is 1. The van der Waals surface area contributed by atoms with Crippen LogP contribution >= 0.6 is 0 Å². The molecule has 0 unspecified atom stereocenters. The highest BCUT2D eigenvalue weighted by Crippen LogP contribution is 2.21. The minimum atomic E-state index is -0.327. The molecular formula is C18H26N2O4. The van der Waals surface area contributed by atoms with E-state index in [4.69, 9.17) is 15.2 Å². The van der Waals surface area contributed by atoms with Gasteiger partial charge in [0.05, 0.1) is 13.0 Å². The van der Waals surface area contributed by atoms with Gasteiger partial charge in [0.15, 0.2) is 0 Å². The van der Waals surface area contributed by atoms with Crippen LogP contribution in [0.25, 0.3) is 0 Å². The number of piperidine rings is 1. The molecule has 1 heterocycles. The van der Waals surface area contributed by atoms with Crippen LogP contribution in [-0.4, -0.2) is 42.7 Å². The van der Waals surface area contributed by atoms with Crippen molar-refractivity contribution in [2.75, 3.05) is 19.7 Å². The molecule has 24 heavy (non-hydrogen) atoms. The lowest BCUT2D eigenvalue weighted by molar-refractivity contribution is -0.143. The van der Waals surface area contributed by atoms with Crippen molar-refractivity contribution in [3.63, 3.8) is 0 Å². The van der Waals surface area contributed by atoms with Crippen LogP contribution in [0.3, 0.4) is 0 Å². The lowest BCUT2D eigenvalue weighted by atomic mass is 9.89. The number of nitrogens with two attached hydrogens (primary N) is 1. The highest BCUT2D eigenvalue weighted by Gasteiger charge is 2.29. The molecule has 1 aliphatic heterocycles. The number of hydrogen-bond acceptors (Lipinski definition) is 5. The molecule has 1 aliphatic rings. The minimum Gasteiger partial charge on any atom is -0.466 e. The van der Waals surface area contributed by atoms with Crippen LogP contribution < -0.4 is 5.73 Å². The van der Waals surface area contributed by atoms with E-state index in [1.807, 2.05) is 30.3 Å². The number of esters is 1. The first-order chi connectivity index (χ1) is 11.6. The standard InChI is InChI=1S/C18H26N2O4/c1-2-23-17(21)11-16(19)15-9-6-10-20(12-15)18(22)24-13-14-7-4-3-5-8-14/h3-5,7-8,15-16H,2,6,9-13,19H2,1H3/t15-,16-/m0/s1. The zero-order valence-corrected chi connectivity index (χ0v) is 14.1. The maximum atomic E-state index is 12.2. The first-order valence-corrected chi connectivity index (χ1v) is 8.47. The van der Waals surface area contributed by atoms with Gasteiger partial charge in [-0.3, -0.25) is 4.79 Å². The van der Waals surface area contributed by atoms with Crippen molar-refractivity contribution in [1.29, 1.82) is 0 Å². The second-order valence-electron chi connectivity index (χ2n) is 6.06. The van der Waals surface area contributed by atoms with Gasteiger partial charge in [-0.1, -0.05) is 30.3 Å². The quantitative estimate of drug-likeness (QED) is 0.807. The average Bonchev–Trinajstić information content (AvgIpc) is 2.61. The fourth-order valence-corrected chi connectivity index (χ4v) is 2.91. The van der Waals surface area contributed by atoms with E-state index in [0.29, 0.717) is 19.7 Å². The molecule has 0 spiro atoms. The summed E-state index contributed by atoms with van der Waals surface area (Å²) in [6, 6.07) is 9.28. The number of rotatable bonds is 6. The van der Waals surface area contributed by atoms with Crippen molar-refractivity contribution in [3.8, 4) is 0 Å². The van der Waals surface area contributed by atoms with Crippen LogP contribution in [0, 0.1) is 5.92 Å². The molecule has 0 bridgehead atoms. The summed E-state index contributed by atoms with van der Waals surface area (Å²) in [7, 11) is 0. The van der Waals surface area contributed by atoms with E-state index < -0.39 is 0 Å². The summed E-state index contributed by atoms with van der Waals surface area (Å²) >= 11 is 0. The Hall–Kier alpha value is -2.08. The molecule has 1 saturated heterocycles. The first-order valence-electron chi connectivity index (χ1n) is 8.47. The molecule has 6 nitrogen and oxygen atoms in total. The molecule has 132 valence electrons. The smallest absolute Gasteiger partial charge is 0.410 e. The summed E-state index contributed by atoms with van der Waals surface area (Å²) in [5, 5.41) is 0. The van der Waals surface area contributed by atoms with Crippen molar-refractivity contribution in [2.45, 2.75) is 38.8 Å². The largest absolute Gasteiger partial charge is 0.466 e. The molecule has 0 saturated carbocycles. The van der Waals surface area contributed by atoms with Gasteiger partial charge in [0.1, 0.15) is 6.61 Å². The number of nitrogens with zero attached hydrogens (tertiary/aromatic N) is 1. The van der Waals surface area contributed by atoms with Crippen LogP contribution in [0.15, 0.2) is 30.3 Å². The Morgan fingerprint density at radius 3 is 2.75 bits per heavy atom. The predicted molar refractivity (Wildman–Crippen MR) is 90.1 cm³/mol. The Labute approximate surface area is 142 Å². The van der Waals surface area contributed by atoms with Crippen molar-refractivity contribution in [2.24, 2.45) is 11.7 Å². The van der Waals surface area contributed by atoms with E-state index in [2.05, 4.69) is 0 Å². The molecule has 0 radical (unpaired) electrons. The zero-order chi connectivity index (χ0) is 17.4. The average molecular weight is 334 g/mol. The van der Waals surface area contributed by atoms with Gasteiger partial charge in [-0.2, -0.15) is 0 Å².